The van der Waals surface area contributed by atoms with Gasteiger partial charge in [0.05, 0.1) is 0 Å². The van der Waals surface area contributed by atoms with Crippen LogP contribution in [0.3, 0.4) is 0 Å². The summed E-state index contributed by atoms with van der Waals surface area (Å²) in [5.74, 6) is 0.751. The molecule has 0 bridgehead atoms. The van der Waals surface area contributed by atoms with Crippen LogP contribution in [0, 0.1) is 5.92 Å². The third-order valence-electron chi connectivity index (χ3n) is 6.14. The average molecular weight is 364 g/mol. The van der Waals surface area contributed by atoms with E-state index in [0.717, 1.165) is 37.2 Å². The van der Waals surface area contributed by atoms with Crippen molar-refractivity contribution in [3.63, 3.8) is 0 Å². The van der Waals surface area contributed by atoms with Crippen LogP contribution in [0.1, 0.15) is 40.7 Å². The molecule has 0 aromatic heterocycles. The molecule has 2 unspecified atom stereocenters. The van der Waals surface area contributed by atoms with Gasteiger partial charge in [0.2, 0.25) is 0 Å². The van der Waals surface area contributed by atoms with Crippen LogP contribution in [0.25, 0.3) is 0 Å². The normalized spacial score (nSPS) is 23.1. The van der Waals surface area contributed by atoms with Crippen molar-refractivity contribution in [2.75, 3.05) is 19.6 Å². The van der Waals surface area contributed by atoms with Crippen LogP contribution in [0.4, 0.5) is 0 Å². The maximum atomic E-state index is 12.9. The van der Waals surface area contributed by atoms with Crippen molar-refractivity contribution in [1.29, 1.82) is 0 Å². The van der Waals surface area contributed by atoms with Crippen LogP contribution in [0.5, 0.6) is 0 Å². The number of nitrogens with zero attached hydrogens (tertiary/aromatic N) is 2. The van der Waals surface area contributed by atoms with Gasteiger partial charge in [-0.25, -0.2) is 0 Å². The van der Waals surface area contributed by atoms with Crippen LogP contribution < -0.4 is 5.73 Å². The van der Waals surface area contributed by atoms with E-state index in [2.05, 4.69) is 40.1 Å². The summed E-state index contributed by atoms with van der Waals surface area (Å²) in [6.07, 6.45) is 3.52. The van der Waals surface area contributed by atoms with Gasteiger partial charge in [0.15, 0.2) is 0 Å². The molecule has 27 heavy (non-hydrogen) atoms. The fraction of sp³-hybridized carbons (Fsp3) is 0.435. The zero-order valence-corrected chi connectivity index (χ0v) is 15.9. The Morgan fingerprint density at radius 2 is 1.74 bits per heavy atom. The molecule has 2 aliphatic heterocycles. The monoisotopic (exact) mass is 363 g/mol. The van der Waals surface area contributed by atoms with Crippen LogP contribution in [-0.2, 0) is 13.1 Å². The summed E-state index contributed by atoms with van der Waals surface area (Å²) >= 11 is 0. The highest BCUT2D eigenvalue weighted by Gasteiger charge is 2.37. The summed E-state index contributed by atoms with van der Waals surface area (Å²) < 4.78 is 0. The molecule has 2 aromatic carbocycles. The Morgan fingerprint density at radius 3 is 2.48 bits per heavy atom. The largest absolute Gasteiger partial charge is 0.338 e. The summed E-state index contributed by atoms with van der Waals surface area (Å²) in [5, 5.41) is 0. The lowest BCUT2D eigenvalue weighted by Crippen LogP contribution is -2.54. The fourth-order valence-corrected chi connectivity index (χ4v) is 4.67. The minimum absolute atomic E-state index is 0.164. The summed E-state index contributed by atoms with van der Waals surface area (Å²) in [4.78, 5) is 17.6. The smallest absolute Gasteiger partial charge is 0.253 e. The number of piperidine rings is 2. The topological polar surface area (TPSA) is 49.6 Å². The number of carbonyl (C=O) groups is 1. The van der Waals surface area contributed by atoms with Crippen molar-refractivity contribution in [3.8, 4) is 0 Å². The van der Waals surface area contributed by atoms with Gasteiger partial charge in [0.25, 0.3) is 5.91 Å². The van der Waals surface area contributed by atoms with E-state index < -0.39 is 0 Å². The van der Waals surface area contributed by atoms with Crippen molar-refractivity contribution in [2.24, 2.45) is 11.7 Å². The van der Waals surface area contributed by atoms with Gasteiger partial charge in [0, 0.05) is 37.8 Å². The lowest BCUT2D eigenvalue weighted by molar-refractivity contribution is 0.0175. The number of hydrogen-bond donors (Lipinski definition) is 1. The van der Waals surface area contributed by atoms with E-state index in [0.29, 0.717) is 18.5 Å². The number of rotatable bonds is 4. The molecule has 0 saturated carbocycles. The van der Waals surface area contributed by atoms with Crippen molar-refractivity contribution in [1.82, 2.24) is 9.80 Å². The molecule has 1 amide bonds. The first-order valence-corrected chi connectivity index (χ1v) is 10.1. The van der Waals surface area contributed by atoms with Gasteiger partial charge in [-0.05, 0) is 55.0 Å². The van der Waals surface area contributed by atoms with Gasteiger partial charge in [0.1, 0.15) is 0 Å². The van der Waals surface area contributed by atoms with Crippen molar-refractivity contribution >= 4 is 5.91 Å². The number of likely N-dealkylation sites (tertiary alicyclic amines) is 2. The van der Waals surface area contributed by atoms with Gasteiger partial charge in [-0.2, -0.15) is 0 Å². The third kappa shape index (κ3) is 4.07. The van der Waals surface area contributed by atoms with Crippen LogP contribution in [0.15, 0.2) is 54.6 Å². The highest BCUT2D eigenvalue weighted by molar-refractivity contribution is 5.94. The van der Waals surface area contributed by atoms with E-state index in [1.165, 1.54) is 24.9 Å². The predicted octanol–water partition coefficient (Wildman–Crippen LogP) is 3.27. The van der Waals surface area contributed by atoms with E-state index in [4.69, 9.17) is 5.73 Å². The van der Waals surface area contributed by atoms with Gasteiger partial charge in [-0.3, -0.25) is 9.69 Å². The first kappa shape index (κ1) is 18.2. The van der Waals surface area contributed by atoms with E-state index in [-0.39, 0.29) is 5.91 Å². The number of benzene rings is 2. The molecule has 2 atom stereocenters. The molecule has 2 aliphatic rings. The molecule has 0 spiro atoms. The van der Waals surface area contributed by atoms with Crippen molar-refractivity contribution in [3.05, 3.63) is 71.3 Å². The minimum atomic E-state index is 0.164. The number of hydrogen-bond acceptors (Lipinski definition) is 3. The molecule has 0 radical (unpaired) electrons. The van der Waals surface area contributed by atoms with Crippen LogP contribution in [0.2, 0.25) is 0 Å². The SMILES string of the molecule is NCc1ccc(C(=O)N2CCC3C(CCCN3Cc3ccccc3)C2)cc1. The molecular weight excluding hydrogens is 334 g/mol. The maximum absolute atomic E-state index is 12.9. The zero-order chi connectivity index (χ0) is 18.6. The molecular formula is C23H29N3O. The number of nitrogens with two attached hydrogens (primary N) is 1. The summed E-state index contributed by atoms with van der Waals surface area (Å²) in [7, 11) is 0. The lowest BCUT2D eigenvalue weighted by Gasteiger charge is -2.47. The number of fused-ring (bicyclic) bond motifs is 1. The molecule has 2 fully saturated rings. The van der Waals surface area contributed by atoms with Gasteiger partial charge >= 0.3 is 0 Å². The second-order valence-corrected chi connectivity index (χ2v) is 7.87. The standard InChI is InChI=1S/C23H29N3O/c24-15-18-8-10-20(11-9-18)23(27)26-14-12-22-21(17-26)7-4-13-25(22)16-19-5-2-1-3-6-19/h1-3,5-6,8-11,21-22H,4,7,12-17,24H2. The predicted molar refractivity (Wildman–Crippen MR) is 108 cm³/mol. The molecule has 2 aromatic rings. The number of carbonyl (C=O) groups excluding carboxylic acids is 1. The van der Waals surface area contributed by atoms with Crippen LogP contribution >= 0.6 is 0 Å². The van der Waals surface area contributed by atoms with Gasteiger partial charge in [-0.1, -0.05) is 42.5 Å². The Labute approximate surface area is 162 Å². The molecule has 4 rings (SSSR count). The molecule has 4 heteroatoms. The Kier molecular flexibility index (Phi) is 5.55. The number of amides is 1. The van der Waals surface area contributed by atoms with Gasteiger partial charge in [-0.15, -0.1) is 0 Å². The molecule has 0 aliphatic carbocycles. The van der Waals surface area contributed by atoms with E-state index in [1.54, 1.807) is 0 Å². The Morgan fingerprint density at radius 1 is 0.963 bits per heavy atom. The van der Waals surface area contributed by atoms with Crippen LogP contribution in [-0.4, -0.2) is 41.4 Å². The highest BCUT2D eigenvalue weighted by atomic mass is 16.2. The average Bonchev–Trinajstić information content (AvgIpc) is 2.74. The Bertz CT molecular complexity index is 759. The summed E-state index contributed by atoms with van der Waals surface area (Å²) in [5.41, 5.74) is 8.89. The van der Waals surface area contributed by atoms with E-state index in [1.807, 2.05) is 24.3 Å². The molecule has 2 heterocycles. The maximum Gasteiger partial charge on any atom is 0.253 e. The molecule has 142 valence electrons. The molecule has 2 N–H and O–H groups in total. The second kappa shape index (κ2) is 8.24. The van der Waals surface area contributed by atoms with Crippen molar-refractivity contribution < 1.29 is 4.79 Å². The van der Waals surface area contributed by atoms with Gasteiger partial charge < -0.3 is 10.6 Å². The Hall–Kier alpha value is -2.17. The minimum Gasteiger partial charge on any atom is -0.338 e. The fourth-order valence-electron chi connectivity index (χ4n) is 4.67. The zero-order valence-electron chi connectivity index (χ0n) is 15.9. The first-order chi connectivity index (χ1) is 13.2. The third-order valence-corrected chi connectivity index (χ3v) is 6.14. The Balaban J connectivity index is 1.41. The second-order valence-electron chi connectivity index (χ2n) is 7.87. The lowest BCUT2D eigenvalue weighted by atomic mass is 9.83. The van der Waals surface area contributed by atoms with E-state index >= 15 is 0 Å². The first-order valence-electron chi connectivity index (χ1n) is 10.1. The highest BCUT2D eigenvalue weighted by Crippen LogP contribution is 2.32. The quantitative estimate of drug-likeness (QED) is 0.907. The summed E-state index contributed by atoms with van der Waals surface area (Å²) in [6, 6.07) is 19.1. The van der Waals surface area contributed by atoms with E-state index in [9.17, 15) is 4.79 Å². The van der Waals surface area contributed by atoms with Crippen molar-refractivity contribution in [2.45, 2.75) is 38.4 Å². The molecule has 2 saturated heterocycles. The summed E-state index contributed by atoms with van der Waals surface area (Å²) in [6.45, 7) is 4.44. The molecule has 4 nitrogen and oxygen atoms in total.